The van der Waals surface area contributed by atoms with Crippen LogP contribution in [0.5, 0.6) is 0 Å². The molecule has 0 spiro atoms. The van der Waals surface area contributed by atoms with Crippen molar-refractivity contribution < 1.29 is 0 Å². The average Bonchev–Trinajstić information content (AvgIpc) is 2.73. The summed E-state index contributed by atoms with van der Waals surface area (Å²) in [7, 11) is 1.97. The summed E-state index contributed by atoms with van der Waals surface area (Å²) in [5.41, 5.74) is 14.3. The Morgan fingerprint density at radius 2 is 1.83 bits per heavy atom. The first-order valence-corrected chi connectivity index (χ1v) is 10.3. The molecule has 1 aromatic heterocycles. The molecule has 0 aliphatic heterocycles. The van der Waals surface area contributed by atoms with E-state index in [1.54, 1.807) is 0 Å². The maximum Gasteiger partial charge on any atom is 0.148 e. The highest BCUT2D eigenvalue weighted by Crippen LogP contribution is 2.24. The van der Waals surface area contributed by atoms with Crippen LogP contribution in [0.15, 0.2) is 55.1 Å². The molecule has 0 bridgehead atoms. The summed E-state index contributed by atoms with van der Waals surface area (Å²) in [5.74, 6) is 1.14. The highest BCUT2D eigenvalue weighted by molar-refractivity contribution is 5.70. The van der Waals surface area contributed by atoms with Gasteiger partial charge in [0, 0.05) is 29.9 Å². The van der Waals surface area contributed by atoms with Crippen LogP contribution in [0, 0.1) is 13.8 Å². The summed E-state index contributed by atoms with van der Waals surface area (Å²) in [5, 5.41) is 15.3. The van der Waals surface area contributed by atoms with Crippen LogP contribution in [0.25, 0.3) is 17.0 Å². The second kappa shape index (κ2) is 9.55. The van der Waals surface area contributed by atoms with E-state index < -0.39 is 0 Å². The molecule has 0 amide bonds. The van der Waals surface area contributed by atoms with Gasteiger partial charge in [0.05, 0.1) is 5.69 Å². The van der Waals surface area contributed by atoms with Crippen LogP contribution in [-0.4, -0.2) is 23.8 Å². The molecule has 1 unspecified atom stereocenters. The summed E-state index contributed by atoms with van der Waals surface area (Å²) < 4.78 is 0. The Balaban J connectivity index is 1.66. The van der Waals surface area contributed by atoms with Crippen molar-refractivity contribution >= 4 is 11.5 Å². The zero-order valence-electron chi connectivity index (χ0n) is 18.3. The first-order chi connectivity index (χ1) is 14.4. The van der Waals surface area contributed by atoms with Crippen molar-refractivity contribution in [3.05, 3.63) is 82.9 Å². The number of nitrogens with one attached hydrogen (secondary N) is 2. The molecule has 0 radical (unpaired) electrons. The molecule has 3 rings (SSSR count). The summed E-state index contributed by atoms with van der Waals surface area (Å²) in [6.45, 7) is 11.9. The number of benzene rings is 2. The van der Waals surface area contributed by atoms with Crippen LogP contribution in [0.4, 0.5) is 5.82 Å². The zero-order valence-corrected chi connectivity index (χ0v) is 18.3. The Morgan fingerprint density at radius 1 is 1.03 bits per heavy atom. The van der Waals surface area contributed by atoms with Crippen molar-refractivity contribution in [1.29, 1.82) is 0 Å². The molecule has 5 heteroatoms. The molecule has 5 nitrogen and oxygen atoms in total. The number of nitrogens with two attached hydrogens (primary N) is 1. The lowest BCUT2D eigenvalue weighted by Gasteiger charge is -2.17. The Morgan fingerprint density at radius 3 is 2.47 bits per heavy atom. The fourth-order valence-corrected chi connectivity index (χ4v) is 3.68. The van der Waals surface area contributed by atoms with Crippen LogP contribution in [0.2, 0.25) is 0 Å². The third kappa shape index (κ3) is 5.05. The molecule has 0 aliphatic rings. The fraction of sp³-hybridized carbons (Fsp3) is 0.280. The van der Waals surface area contributed by atoms with Gasteiger partial charge in [-0.1, -0.05) is 43.8 Å². The number of anilines is 1. The maximum atomic E-state index is 5.89. The maximum absolute atomic E-state index is 5.89. The van der Waals surface area contributed by atoms with Crippen LogP contribution < -0.4 is 16.4 Å². The third-order valence-electron chi connectivity index (χ3n) is 5.38. The molecular weight excluding hydrogens is 370 g/mol. The van der Waals surface area contributed by atoms with Gasteiger partial charge in [0.15, 0.2) is 0 Å². The number of rotatable bonds is 8. The van der Waals surface area contributed by atoms with Crippen LogP contribution in [0.3, 0.4) is 0 Å². The van der Waals surface area contributed by atoms with Gasteiger partial charge in [0.2, 0.25) is 0 Å². The molecule has 0 fully saturated rings. The number of aromatic nitrogens is 2. The molecule has 4 N–H and O–H groups in total. The van der Waals surface area contributed by atoms with Crippen molar-refractivity contribution in [3.63, 3.8) is 0 Å². The monoisotopic (exact) mass is 401 g/mol. The van der Waals surface area contributed by atoms with Crippen LogP contribution in [-0.2, 0) is 6.54 Å². The number of aryl methyl sites for hydroxylation is 2. The minimum absolute atomic E-state index is 0.366. The first kappa shape index (κ1) is 21.5. The van der Waals surface area contributed by atoms with E-state index in [9.17, 15) is 0 Å². The Bertz CT molecular complexity index is 1020. The Kier molecular flexibility index (Phi) is 6.85. The van der Waals surface area contributed by atoms with Crippen molar-refractivity contribution in [3.8, 4) is 11.3 Å². The molecule has 1 atom stereocenters. The highest BCUT2D eigenvalue weighted by Gasteiger charge is 2.10. The van der Waals surface area contributed by atoms with Crippen LogP contribution >= 0.6 is 0 Å². The van der Waals surface area contributed by atoms with Gasteiger partial charge in [0.1, 0.15) is 5.82 Å². The predicted molar refractivity (Wildman–Crippen MR) is 126 cm³/mol. The van der Waals surface area contributed by atoms with E-state index in [4.69, 9.17) is 5.73 Å². The molecular formula is C25H31N5. The van der Waals surface area contributed by atoms with E-state index in [-0.39, 0.29) is 0 Å². The second-order valence-electron chi connectivity index (χ2n) is 7.86. The minimum Gasteiger partial charge on any atom is -0.399 e. The van der Waals surface area contributed by atoms with Gasteiger partial charge in [-0.05, 0) is 67.3 Å². The predicted octanol–water partition coefficient (Wildman–Crippen LogP) is 4.62. The molecule has 1 heterocycles. The van der Waals surface area contributed by atoms with Crippen molar-refractivity contribution in [2.24, 2.45) is 5.73 Å². The van der Waals surface area contributed by atoms with Gasteiger partial charge in [-0.3, -0.25) is 0 Å². The fourth-order valence-electron chi connectivity index (χ4n) is 3.68. The van der Waals surface area contributed by atoms with E-state index in [1.807, 2.05) is 44.3 Å². The lowest BCUT2D eigenvalue weighted by Crippen LogP contribution is -2.13. The first-order valence-electron chi connectivity index (χ1n) is 10.3. The average molecular weight is 402 g/mol. The second-order valence-corrected chi connectivity index (χ2v) is 7.86. The molecule has 156 valence electrons. The van der Waals surface area contributed by atoms with E-state index in [1.165, 1.54) is 16.7 Å². The van der Waals surface area contributed by atoms with E-state index >= 15 is 0 Å². The van der Waals surface area contributed by atoms with Crippen molar-refractivity contribution in [1.82, 2.24) is 15.5 Å². The summed E-state index contributed by atoms with van der Waals surface area (Å²) in [6, 6.07) is 16.7. The molecule has 0 saturated carbocycles. The summed E-state index contributed by atoms with van der Waals surface area (Å²) >= 11 is 0. The quantitative estimate of drug-likeness (QED) is 0.513. The molecule has 2 aromatic carbocycles. The molecule has 0 saturated heterocycles. The van der Waals surface area contributed by atoms with Gasteiger partial charge in [-0.15, -0.1) is 10.2 Å². The van der Waals surface area contributed by atoms with Gasteiger partial charge >= 0.3 is 0 Å². The largest absolute Gasteiger partial charge is 0.399 e. The highest BCUT2D eigenvalue weighted by atomic mass is 15.2. The lowest BCUT2D eigenvalue weighted by atomic mass is 9.94. The Hall–Kier alpha value is -3.18. The van der Waals surface area contributed by atoms with E-state index in [2.05, 4.69) is 59.5 Å². The third-order valence-corrected chi connectivity index (χ3v) is 5.38. The van der Waals surface area contributed by atoms with Gasteiger partial charge in [0.25, 0.3) is 0 Å². The topological polar surface area (TPSA) is 75.9 Å². The van der Waals surface area contributed by atoms with Crippen LogP contribution in [0.1, 0.15) is 40.7 Å². The smallest absolute Gasteiger partial charge is 0.148 e. The number of nitrogens with zero attached hydrogens (tertiary/aromatic N) is 2. The molecule has 0 aliphatic carbocycles. The van der Waals surface area contributed by atoms with E-state index in [0.29, 0.717) is 11.6 Å². The minimum atomic E-state index is 0.366. The molecule has 3 aromatic rings. The summed E-state index contributed by atoms with van der Waals surface area (Å²) in [4.78, 5) is 0. The Labute approximate surface area is 179 Å². The summed E-state index contributed by atoms with van der Waals surface area (Å²) in [6.07, 6.45) is 0. The normalized spacial score (nSPS) is 11.9. The zero-order chi connectivity index (χ0) is 21.7. The van der Waals surface area contributed by atoms with Crippen molar-refractivity contribution in [2.75, 3.05) is 18.9 Å². The SMILES string of the molecule is C=C(N)c1cc(-c2ccc(NCC(C)c3ccc(CNC)cc3C)nn2)ccc1C. The van der Waals surface area contributed by atoms with Crippen molar-refractivity contribution in [2.45, 2.75) is 33.2 Å². The number of hydrogen-bond acceptors (Lipinski definition) is 5. The van der Waals surface area contributed by atoms with Gasteiger partial charge in [-0.25, -0.2) is 0 Å². The van der Waals surface area contributed by atoms with Gasteiger partial charge < -0.3 is 16.4 Å². The lowest BCUT2D eigenvalue weighted by molar-refractivity contribution is 0.783. The van der Waals surface area contributed by atoms with Gasteiger partial charge in [-0.2, -0.15) is 0 Å². The molecule has 30 heavy (non-hydrogen) atoms. The van der Waals surface area contributed by atoms with E-state index in [0.717, 1.165) is 41.3 Å². The standard InChI is InChI=1S/C25H31N5/c1-16-6-8-21(13-23(16)19(4)26)24-10-11-25(30-29-24)28-14-18(3)22-9-7-20(15-27-5)12-17(22)2/h6-13,18,27H,4,14-15,26H2,1-3,5H3,(H,28,30). The number of hydrogen-bond donors (Lipinski definition) is 3.